The summed E-state index contributed by atoms with van der Waals surface area (Å²) >= 11 is 0. The van der Waals surface area contributed by atoms with Crippen molar-refractivity contribution in [2.75, 3.05) is 0 Å². The van der Waals surface area contributed by atoms with Crippen molar-refractivity contribution in [1.29, 1.82) is 0 Å². The average Bonchev–Trinajstić information content (AvgIpc) is 1.98. The molecule has 0 aliphatic rings. The Morgan fingerprint density at radius 3 is 2.36 bits per heavy atom. The monoisotopic (exact) mass is 152 g/mol. The number of nitrogens with one attached hydrogen (secondary N) is 1. The van der Waals surface area contributed by atoms with Gasteiger partial charge in [-0.1, -0.05) is 12.7 Å². The maximum Gasteiger partial charge on any atom is 0.128 e. The van der Waals surface area contributed by atoms with E-state index in [1.54, 1.807) is 6.08 Å². The molecule has 11 heavy (non-hydrogen) atoms. The molecule has 0 unspecified atom stereocenters. The molecule has 0 atom stereocenters. The molecular weight excluding hydrogens is 136 g/mol. The predicted molar refractivity (Wildman–Crippen MR) is 50.7 cm³/mol. The molecule has 0 saturated carbocycles. The molecule has 1 N–H and O–H groups in total. The smallest absolute Gasteiger partial charge is 0.128 e. The summed E-state index contributed by atoms with van der Waals surface area (Å²) in [6, 6.07) is 0.380. The normalized spacial score (nSPS) is 12.4. The van der Waals surface area contributed by atoms with E-state index in [2.05, 4.69) is 37.5 Å². The summed E-state index contributed by atoms with van der Waals surface area (Å²) in [7, 11) is 0. The van der Waals surface area contributed by atoms with Gasteiger partial charge in [0.05, 0.1) is 0 Å². The molecule has 2 heteroatoms. The first-order valence-corrected chi connectivity index (χ1v) is 3.68. The van der Waals surface area contributed by atoms with E-state index < -0.39 is 0 Å². The van der Waals surface area contributed by atoms with Gasteiger partial charge in [0, 0.05) is 6.04 Å². The molecule has 0 aliphatic carbocycles. The van der Waals surface area contributed by atoms with Gasteiger partial charge in [0.1, 0.15) is 5.82 Å². The van der Waals surface area contributed by atoms with Gasteiger partial charge in [-0.25, -0.2) is 4.99 Å². The summed E-state index contributed by atoms with van der Waals surface area (Å²) in [6.45, 7) is 13.2. The number of rotatable bonds is 4. The highest BCUT2D eigenvalue weighted by Crippen LogP contribution is 2.02. The zero-order chi connectivity index (χ0) is 8.85. The highest BCUT2D eigenvalue weighted by Gasteiger charge is 1.97. The molecule has 0 rings (SSSR count). The third-order valence-corrected chi connectivity index (χ3v) is 1.26. The Balaban J connectivity index is 4.38. The van der Waals surface area contributed by atoms with Crippen LogP contribution in [0.3, 0.4) is 0 Å². The molecule has 0 bridgehead atoms. The van der Waals surface area contributed by atoms with Crippen molar-refractivity contribution in [3.05, 3.63) is 24.0 Å². The third kappa shape index (κ3) is 3.61. The maximum absolute atomic E-state index is 3.85. The first kappa shape index (κ1) is 9.95. The zero-order valence-electron chi connectivity index (χ0n) is 7.52. The first-order valence-electron chi connectivity index (χ1n) is 3.68. The Labute approximate surface area is 68.7 Å². The van der Waals surface area contributed by atoms with E-state index in [9.17, 15) is 0 Å². The highest BCUT2D eigenvalue weighted by atomic mass is 15.0. The van der Waals surface area contributed by atoms with Crippen molar-refractivity contribution < 1.29 is 0 Å². The fourth-order valence-electron chi connectivity index (χ4n) is 0.654. The van der Waals surface area contributed by atoms with E-state index in [4.69, 9.17) is 0 Å². The van der Waals surface area contributed by atoms with Crippen LogP contribution in [0.5, 0.6) is 0 Å². The minimum absolute atomic E-state index is 0.380. The molecule has 0 heterocycles. The van der Waals surface area contributed by atoms with Gasteiger partial charge >= 0.3 is 0 Å². The molecule has 0 saturated heterocycles. The fraction of sp³-hybridized carbons (Fsp3) is 0.444. The van der Waals surface area contributed by atoms with Gasteiger partial charge in [-0.2, -0.15) is 0 Å². The summed E-state index contributed by atoms with van der Waals surface area (Å²) in [5.41, 5.74) is 1.02. The Morgan fingerprint density at radius 1 is 1.55 bits per heavy atom. The number of hydrogen-bond acceptors (Lipinski definition) is 2. The molecule has 0 aromatic carbocycles. The minimum atomic E-state index is 0.380. The summed E-state index contributed by atoms with van der Waals surface area (Å²) in [4.78, 5) is 3.85. The van der Waals surface area contributed by atoms with E-state index in [0.29, 0.717) is 6.04 Å². The number of hydrogen-bond donors (Lipinski definition) is 1. The van der Waals surface area contributed by atoms with E-state index >= 15 is 0 Å². The molecule has 0 aromatic rings. The number of nitrogens with zero attached hydrogens (tertiary/aromatic N) is 1. The van der Waals surface area contributed by atoms with Crippen LogP contribution in [0.2, 0.25) is 0 Å². The van der Waals surface area contributed by atoms with Crippen LogP contribution in [0.25, 0.3) is 0 Å². The molecule has 0 fully saturated rings. The van der Waals surface area contributed by atoms with Crippen LogP contribution in [0.1, 0.15) is 20.8 Å². The predicted octanol–water partition coefficient (Wildman–Crippen LogP) is 2.10. The molecule has 0 amide bonds. The Bertz CT molecular complexity index is 178. The van der Waals surface area contributed by atoms with Crippen LogP contribution < -0.4 is 5.32 Å². The third-order valence-electron chi connectivity index (χ3n) is 1.26. The summed E-state index contributed by atoms with van der Waals surface area (Å²) in [5, 5.41) is 3.16. The lowest BCUT2D eigenvalue weighted by molar-refractivity contribution is 0.660. The van der Waals surface area contributed by atoms with Crippen LogP contribution in [0.4, 0.5) is 0 Å². The lowest BCUT2D eigenvalue weighted by atomic mass is 10.3. The highest BCUT2D eigenvalue weighted by molar-refractivity contribution is 5.32. The molecule has 0 spiro atoms. The zero-order valence-corrected chi connectivity index (χ0v) is 7.52. The van der Waals surface area contributed by atoms with E-state index in [1.165, 1.54) is 0 Å². The largest absolute Gasteiger partial charge is 0.368 e. The van der Waals surface area contributed by atoms with Gasteiger partial charge in [0.15, 0.2) is 0 Å². The van der Waals surface area contributed by atoms with Gasteiger partial charge < -0.3 is 5.32 Å². The molecule has 2 nitrogen and oxygen atoms in total. The van der Waals surface area contributed by atoms with Crippen molar-refractivity contribution in [2.24, 2.45) is 4.99 Å². The SMILES string of the molecule is C=C/C(C)=C(\N=C)NC(C)C. The average molecular weight is 152 g/mol. The first-order chi connectivity index (χ1) is 5.11. The van der Waals surface area contributed by atoms with E-state index in [0.717, 1.165) is 11.4 Å². The van der Waals surface area contributed by atoms with Crippen LogP contribution in [-0.4, -0.2) is 12.8 Å². The Morgan fingerprint density at radius 2 is 2.09 bits per heavy atom. The Hall–Kier alpha value is -1.05. The van der Waals surface area contributed by atoms with Crippen LogP contribution >= 0.6 is 0 Å². The molecular formula is C9H16N2. The van der Waals surface area contributed by atoms with Gasteiger partial charge in [-0.3, -0.25) is 0 Å². The second-order valence-corrected chi connectivity index (χ2v) is 2.69. The summed E-state index contributed by atoms with van der Waals surface area (Å²) in [6.07, 6.45) is 1.76. The van der Waals surface area contributed by atoms with Crippen LogP contribution in [0, 0.1) is 0 Å². The topological polar surface area (TPSA) is 24.4 Å². The van der Waals surface area contributed by atoms with Gasteiger partial charge in [0.2, 0.25) is 0 Å². The maximum atomic E-state index is 3.85. The lowest BCUT2D eigenvalue weighted by Gasteiger charge is -2.10. The van der Waals surface area contributed by atoms with Gasteiger partial charge in [-0.15, -0.1) is 0 Å². The van der Waals surface area contributed by atoms with E-state index in [1.807, 2.05) is 6.92 Å². The second kappa shape index (κ2) is 4.72. The lowest BCUT2D eigenvalue weighted by Crippen LogP contribution is -2.21. The van der Waals surface area contributed by atoms with Crippen molar-refractivity contribution >= 4 is 6.72 Å². The molecule has 62 valence electrons. The van der Waals surface area contributed by atoms with Crippen molar-refractivity contribution in [2.45, 2.75) is 26.8 Å². The van der Waals surface area contributed by atoms with Gasteiger partial charge in [-0.05, 0) is 33.1 Å². The van der Waals surface area contributed by atoms with Crippen LogP contribution in [0.15, 0.2) is 29.0 Å². The standard InChI is InChI=1S/C9H16N2/c1-6-8(4)9(10-5)11-7(2)3/h6-7,11H,1,5H2,2-4H3/b9-8+. The molecule has 0 aliphatic heterocycles. The summed E-state index contributed by atoms with van der Waals surface area (Å²) in [5.74, 6) is 0.815. The molecule has 0 aromatic heterocycles. The van der Waals surface area contributed by atoms with E-state index in [-0.39, 0.29) is 0 Å². The Kier molecular flexibility index (Phi) is 4.27. The van der Waals surface area contributed by atoms with Crippen LogP contribution in [-0.2, 0) is 0 Å². The number of aliphatic imine (C=N–C) groups is 1. The minimum Gasteiger partial charge on any atom is -0.368 e. The fourth-order valence-corrected chi connectivity index (χ4v) is 0.654. The quantitative estimate of drug-likeness (QED) is 0.484. The van der Waals surface area contributed by atoms with Gasteiger partial charge in [0.25, 0.3) is 0 Å². The summed E-state index contributed by atoms with van der Waals surface area (Å²) < 4.78 is 0. The molecule has 0 radical (unpaired) electrons. The van der Waals surface area contributed by atoms with Crippen molar-refractivity contribution in [3.63, 3.8) is 0 Å². The number of allylic oxidation sites excluding steroid dienone is 2. The second-order valence-electron chi connectivity index (χ2n) is 2.69. The van der Waals surface area contributed by atoms with Crippen molar-refractivity contribution in [1.82, 2.24) is 5.32 Å². The van der Waals surface area contributed by atoms with Crippen molar-refractivity contribution in [3.8, 4) is 0 Å².